The van der Waals surface area contributed by atoms with E-state index in [9.17, 15) is 13.2 Å². The van der Waals surface area contributed by atoms with Gasteiger partial charge in [-0.3, -0.25) is 4.79 Å². The van der Waals surface area contributed by atoms with Crippen molar-refractivity contribution in [3.8, 4) is 0 Å². The topological polar surface area (TPSA) is 66.5 Å². The van der Waals surface area contributed by atoms with Crippen molar-refractivity contribution in [3.63, 3.8) is 0 Å². The molecule has 1 saturated heterocycles. The lowest BCUT2D eigenvalue weighted by atomic mass is 9.97. The minimum absolute atomic E-state index is 0.0242. The third kappa shape index (κ3) is 5.56. The Kier molecular flexibility index (Phi) is 7.15. The standard InChI is InChI=1S/C20H22BrClN2O3S/c21-18-7-5-15(6-8-18)14-28(26,27)24-11-9-16(10-12-24)20(25)23-13-17-3-1-2-4-19(17)22/h1-8,16H,9-14H2,(H,23,25). The third-order valence-electron chi connectivity index (χ3n) is 4.89. The van der Waals surface area contributed by atoms with Crippen LogP contribution in [-0.2, 0) is 27.1 Å². The van der Waals surface area contributed by atoms with Gasteiger partial charge in [-0.1, -0.05) is 57.9 Å². The first-order valence-corrected chi connectivity index (χ1v) is 11.9. The lowest BCUT2D eigenvalue weighted by molar-refractivity contribution is -0.126. The van der Waals surface area contributed by atoms with Crippen LogP contribution < -0.4 is 5.32 Å². The molecule has 0 aromatic heterocycles. The van der Waals surface area contributed by atoms with Crippen molar-refractivity contribution in [1.82, 2.24) is 9.62 Å². The van der Waals surface area contributed by atoms with Crippen molar-refractivity contribution < 1.29 is 13.2 Å². The highest BCUT2D eigenvalue weighted by Crippen LogP contribution is 2.23. The smallest absolute Gasteiger partial charge is 0.223 e. The molecule has 1 amide bonds. The second-order valence-corrected chi connectivity index (χ2v) is 10.2. The summed E-state index contributed by atoms with van der Waals surface area (Å²) in [5.74, 6) is -0.254. The Hall–Kier alpha value is -1.41. The van der Waals surface area contributed by atoms with Gasteiger partial charge in [-0.25, -0.2) is 12.7 Å². The molecule has 0 aliphatic carbocycles. The van der Waals surface area contributed by atoms with Gasteiger partial charge in [-0.15, -0.1) is 0 Å². The molecule has 3 rings (SSSR count). The van der Waals surface area contributed by atoms with Gasteiger partial charge in [-0.2, -0.15) is 0 Å². The molecule has 1 aliphatic rings. The maximum absolute atomic E-state index is 12.7. The first-order valence-electron chi connectivity index (χ1n) is 9.08. The number of carbonyl (C=O) groups excluding carboxylic acids is 1. The average molecular weight is 486 g/mol. The molecule has 0 saturated carbocycles. The molecule has 2 aromatic carbocycles. The number of hydrogen-bond donors (Lipinski definition) is 1. The highest BCUT2D eigenvalue weighted by molar-refractivity contribution is 9.10. The molecule has 150 valence electrons. The van der Waals surface area contributed by atoms with E-state index in [0.717, 1.165) is 15.6 Å². The Labute approximate surface area is 179 Å². The quantitative estimate of drug-likeness (QED) is 0.673. The molecule has 1 fully saturated rings. The van der Waals surface area contributed by atoms with Crippen LogP contribution in [0.1, 0.15) is 24.0 Å². The summed E-state index contributed by atoms with van der Waals surface area (Å²) < 4.78 is 27.7. The molecule has 1 N–H and O–H groups in total. The highest BCUT2D eigenvalue weighted by Gasteiger charge is 2.31. The van der Waals surface area contributed by atoms with Crippen LogP contribution >= 0.6 is 27.5 Å². The predicted molar refractivity (Wildman–Crippen MR) is 114 cm³/mol. The van der Waals surface area contributed by atoms with Gasteiger partial charge >= 0.3 is 0 Å². The number of nitrogens with zero attached hydrogens (tertiary/aromatic N) is 1. The number of amides is 1. The van der Waals surface area contributed by atoms with Crippen molar-refractivity contribution in [2.45, 2.75) is 25.1 Å². The summed E-state index contributed by atoms with van der Waals surface area (Å²) in [6, 6.07) is 14.7. The van der Waals surface area contributed by atoms with Crippen LogP contribution in [0, 0.1) is 5.92 Å². The number of hydrogen-bond acceptors (Lipinski definition) is 3. The van der Waals surface area contributed by atoms with E-state index in [0.29, 0.717) is 37.5 Å². The molecule has 0 atom stereocenters. The molecule has 2 aromatic rings. The molecule has 1 heterocycles. The SMILES string of the molecule is O=C(NCc1ccccc1Cl)C1CCN(S(=O)(=O)Cc2ccc(Br)cc2)CC1. The maximum Gasteiger partial charge on any atom is 0.223 e. The minimum atomic E-state index is -3.39. The van der Waals surface area contributed by atoms with E-state index in [4.69, 9.17) is 11.6 Å². The van der Waals surface area contributed by atoms with Crippen molar-refractivity contribution in [3.05, 3.63) is 69.2 Å². The van der Waals surface area contributed by atoms with E-state index >= 15 is 0 Å². The van der Waals surface area contributed by atoms with Gasteiger partial charge < -0.3 is 5.32 Å². The normalized spacial score (nSPS) is 16.1. The summed E-state index contributed by atoms with van der Waals surface area (Å²) in [5.41, 5.74) is 1.62. The molecule has 0 unspecified atom stereocenters. The van der Waals surface area contributed by atoms with Crippen LogP contribution in [0.4, 0.5) is 0 Å². The molecular weight excluding hydrogens is 464 g/mol. The summed E-state index contributed by atoms with van der Waals surface area (Å²) in [6.07, 6.45) is 1.04. The largest absolute Gasteiger partial charge is 0.352 e. The van der Waals surface area contributed by atoms with E-state index in [1.807, 2.05) is 30.3 Å². The van der Waals surface area contributed by atoms with Gasteiger partial charge in [0, 0.05) is 35.0 Å². The fraction of sp³-hybridized carbons (Fsp3) is 0.350. The lowest BCUT2D eigenvalue weighted by Gasteiger charge is -2.30. The number of piperidine rings is 1. The second kappa shape index (κ2) is 9.39. The number of carbonyl (C=O) groups is 1. The zero-order valence-electron chi connectivity index (χ0n) is 15.3. The van der Waals surface area contributed by atoms with Gasteiger partial charge in [0.2, 0.25) is 15.9 Å². The molecule has 5 nitrogen and oxygen atoms in total. The van der Waals surface area contributed by atoms with Crippen molar-refractivity contribution in [2.24, 2.45) is 5.92 Å². The number of nitrogens with one attached hydrogen (secondary N) is 1. The molecular formula is C20H22BrClN2O3S. The molecule has 28 heavy (non-hydrogen) atoms. The lowest BCUT2D eigenvalue weighted by Crippen LogP contribution is -2.43. The highest BCUT2D eigenvalue weighted by atomic mass is 79.9. The van der Waals surface area contributed by atoms with Crippen molar-refractivity contribution >= 4 is 43.5 Å². The first kappa shape index (κ1) is 21.3. The van der Waals surface area contributed by atoms with E-state index in [2.05, 4.69) is 21.2 Å². The number of halogens is 2. The number of rotatable bonds is 6. The summed E-state index contributed by atoms with van der Waals surface area (Å²) in [6.45, 7) is 1.10. The van der Waals surface area contributed by atoms with Crippen LogP contribution in [-0.4, -0.2) is 31.7 Å². The summed E-state index contributed by atoms with van der Waals surface area (Å²) in [4.78, 5) is 12.4. The Morgan fingerprint density at radius 3 is 2.39 bits per heavy atom. The van der Waals surface area contributed by atoms with Gasteiger partial charge in [0.25, 0.3) is 0 Å². The van der Waals surface area contributed by atoms with Gasteiger partial charge in [-0.05, 0) is 42.2 Å². The molecule has 1 aliphatic heterocycles. The number of sulfonamides is 1. The zero-order valence-corrected chi connectivity index (χ0v) is 18.4. The van der Waals surface area contributed by atoms with E-state index in [1.54, 1.807) is 18.2 Å². The van der Waals surface area contributed by atoms with E-state index < -0.39 is 10.0 Å². The van der Waals surface area contributed by atoms with Gasteiger partial charge in [0.05, 0.1) is 5.75 Å². The van der Waals surface area contributed by atoms with Crippen LogP contribution in [0.5, 0.6) is 0 Å². The van der Waals surface area contributed by atoms with Gasteiger partial charge in [0.15, 0.2) is 0 Å². The average Bonchev–Trinajstić information content (AvgIpc) is 2.69. The fourth-order valence-corrected chi connectivity index (χ4v) is 5.28. The Morgan fingerprint density at radius 2 is 1.75 bits per heavy atom. The predicted octanol–water partition coefficient (Wildman–Crippen LogP) is 3.96. The summed E-state index contributed by atoms with van der Waals surface area (Å²) in [7, 11) is -3.39. The summed E-state index contributed by atoms with van der Waals surface area (Å²) in [5, 5.41) is 3.53. The van der Waals surface area contributed by atoms with Crippen molar-refractivity contribution in [2.75, 3.05) is 13.1 Å². The van der Waals surface area contributed by atoms with Crippen LogP contribution in [0.25, 0.3) is 0 Å². The monoisotopic (exact) mass is 484 g/mol. The van der Waals surface area contributed by atoms with Crippen LogP contribution in [0.15, 0.2) is 53.0 Å². The second-order valence-electron chi connectivity index (χ2n) is 6.87. The minimum Gasteiger partial charge on any atom is -0.352 e. The van der Waals surface area contributed by atoms with E-state index in [1.165, 1.54) is 4.31 Å². The van der Waals surface area contributed by atoms with Gasteiger partial charge in [0.1, 0.15) is 0 Å². The Morgan fingerprint density at radius 1 is 1.11 bits per heavy atom. The van der Waals surface area contributed by atoms with E-state index in [-0.39, 0.29) is 17.6 Å². The third-order valence-corrected chi connectivity index (χ3v) is 7.64. The Balaban J connectivity index is 1.51. The maximum atomic E-state index is 12.7. The van der Waals surface area contributed by atoms with Crippen LogP contribution in [0.3, 0.4) is 0 Å². The Bertz CT molecular complexity index is 927. The molecule has 0 spiro atoms. The summed E-state index contributed by atoms with van der Waals surface area (Å²) >= 11 is 9.46. The number of benzene rings is 2. The first-order chi connectivity index (χ1) is 13.3. The molecule has 0 bridgehead atoms. The molecule has 8 heteroatoms. The molecule has 0 radical (unpaired) electrons. The fourth-order valence-electron chi connectivity index (χ4n) is 3.25. The van der Waals surface area contributed by atoms with Crippen molar-refractivity contribution in [1.29, 1.82) is 0 Å². The zero-order chi connectivity index (χ0) is 20.1. The van der Waals surface area contributed by atoms with Crippen LogP contribution in [0.2, 0.25) is 5.02 Å².